The molecule has 1 aromatic rings. The number of aromatic nitrogens is 1. The maximum Gasteiger partial charge on any atom is 0.185 e. The summed E-state index contributed by atoms with van der Waals surface area (Å²) < 4.78 is 0. The van der Waals surface area contributed by atoms with Gasteiger partial charge in [0.25, 0.3) is 0 Å². The van der Waals surface area contributed by atoms with Gasteiger partial charge in [0.1, 0.15) is 0 Å². The lowest BCUT2D eigenvalue weighted by molar-refractivity contribution is 0.521. The molecule has 1 aliphatic rings. The summed E-state index contributed by atoms with van der Waals surface area (Å²) in [5.41, 5.74) is 6.59. The highest BCUT2D eigenvalue weighted by atomic mass is 32.1. The summed E-state index contributed by atoms with van der Waals surface area (Å²) in [6.07, 6.45) is 3.93. The van der Waals surface area contributed by atoms with Crippen LogP contribution >= 0.6 is 11.3 Å². The van der Waals surface area contributed by atoms with Gasteiger partial charge in [-0.15, -0.1) is 11.3 Å². The number of rotatable bonds is 2. The maximum atomic E-state index is 5.57. The summed E-state index contributed by atoms with van der Waals surface area (Å²) in [6.45, 7) is 5.21. The predicted molar refractivity (Wildman–Crippen MR) is 65.2 cm³/mol. The van der Waals surface area contributed by atoms with Crippen molar-refractivity contribution in [3.63, 3.8) is 0 Å². The fourth-order valence-corrected chi connectivity index (χ4v) is 2.88. The largest absolute Gasteiger partial charge is 0.348 e. The van der Waals surface area contributed by atoms with Crippen molar-refractivity contribution in [2.24, 2.45) is 11.7 Å². The van der Waals surface area contributed by atoms with Crippen molar-refractivity contribution in [1.82, 2.24) is 4.98 Å². The second-order valence-electron chi connectivity index (χ2n) is 4.35. The summed E-state index contributed by atoms with van der Waals surface area (Å²) in [5, 5.41) is 3.23. The first kappa shape index (κ1) is 10.9. The smallest absolute Gasteiger partial charge is 0.185 e. The molecule has 0 bridgehead atoms. The third-order valence-electron chi connectivity index (χ3n) is 3.04. The number of nitrogens with zero attached hydrogens (tertiary/aromatic N) is 2. The minimum absolute atomic E-state index is 0.556. The lowest BCUT2D eigenvalue weighted by Gasteiger charge is -2.18. The van der Waals surface area contributed by atoms with Crippen LogP contribution in [0.3, 0.4) is 0 Å². The van der Waals surface area contributed by atoms with Crippen LogP contribution in [0.2, 0.25) is 0 Å². The lowest BCUT2D eigenvalue weighted by atomic mass is 10.0. The first-order chi connectivity index (χ1) is 7.29. The average molecular weight is 225 g/mol. The van der Waals surface area contributed by atoms with E-state index in [0.717, 1.165) is 29.8 Å². The Labute approximate surface area is 95.3 Å². The van der Waals surface area contributed by atoms with Crippen molar-refractivity contribution in [3.8, 4) is 0 Å². The Hall–Kier alpha value is -0.610. The topological polar surface area (TPSA) is 42.2 Å². The third kappa shape index (κ3) is 2.69. The second-order valence-corrected chi connectivity index (χ2v) is 5.19. The standard InChI is InChI=1S/C11H19N3S/c1-9-3-2-5-14(6-4-9)11-13-10(7-12)8-15-11/h8-9H,2-7,12H2,1H3. The van der Waals surface area contributed by atoms with Crippen LogP contribution in [0, 0.1) is 5.92 Å². The molecular weight excluding hydrogens is 206 g/mol. The first-order valence-corrected chi connectivity index (χ1v) is 6.57. The Morgan fingerprint density at radius 3 is 3.13 bits per heavy atom. The number of hydrogen-bond donors (Lipinski definition) is 1. The van der Waals surface area contributed by atoms with Gasteiger partial charge in [-0.25, -0.2) is 4.98 Å². The van der Waals surface area contributed by atoms with Crippen molar-refractivity contribution in [1.29, 1.82) is 0 Å². The Morgan fingerprint density at radius 2 is 2.40 bits per heavy atom. The van der Waals surface area contributed by atoms with E-state index < -0.39 is 0 Å². The van der Waals surface area contributed by atoms with Gasteiger partial charge in [0.15, 0.2) is 5.13 Å². The van der Waals surface area contributed by atoms with Crippen LogP contribution in [0.15, 0.2) is 5.38 Å². The van der Waals surface area contributed by atoms with Crippen LogP contribution in [0.5, 0.6) is 0 Å². The first-order valence-electron chi connectivity index (χ1n) is 5.69. The van der Waals surface area contributed by atoms with Gasteiger partial charge < -0.3 is 10.6 Å². The predicted octanol–water partition coefficient (Wildman–Crippen LogP) is 2.23. The Morgan fingerprint density at radius 1 is 1.53 bits per heavy atom. The highest BCUT2D eigenvalue weighted by Gasteiger charge is 2.16. The fraction of sp³-hybridized carbons (Fsp3) is 0.727. The van der Waals surface area contributed by atoms with Crippen LogP contribution in [0.25, 0.3) is 0 Å². The molecule has 1 atom stereocenters. The van der Waals surface area contributed by atoms with Crippen LogP contribution < -0.4 is 10.6 Å². The zero-order chi connectivity index (χ0) is 10.7. The van der Waals surface area contributed by atoms with E-state index in [0.29, 0.717) is 6.54 Å². The molecule has 3 nitrogen and oxygen atoms in total. The molecule has 15 heavy (non-hydrogen) atoms. The molecule has 0 amide bonds. The third-order valence-corrected chi connectivity index (χ3v) is 3.99. The van der Waals surface area contributed by atoms with E-state index in [-0.39, 0.29) is 0 Å². The molecule has 0 saturated carbocycles. The second kappa shape index (κ2) is 4.94. The van der Waals surface area contributed by atoms with E-state index in [1.54, 1.807) is 11.3 Å². The molecular formula is C11H19N3S. The minimum Gasteiger partial charge on any atom is -0.348 e. The van der Waals surface area contributed by atoms with Crippen LogP contribution in [-0.2, 0) is 6.54 Å². The number of thiazole rings is 1. The highest BCUT2D eigenvalue weighted by molar-refractivity contribution is 7.13. The van der Waals surface area contributed by atoms with Crippen LogP contribution in [0.4, 0.5) is 5.13 Å². The molecule has 84 valence electrons. The van der Waals surface area contributed by atoms with Gasteiger partial charge >= 0.3 is 0 Å². The molecule has 0 spiro atoms. The van der Waals surface area contributed by atoms with Gasteiger partial charge in [0.2, 0.25) is 0 Å². The van der Waals surface area contributed by atoms with Gasteiger partial charge in [-0.2, -0.15) is 0 Å². The SMILES string of the molecule is CC1CCCN(c2nc(CN)cs2)CC1. The molecule has 1 aliphatic heterocycles. The van der Waals surface area contributed by atoms with Crippen molar-refractivity contribution in [3.05, 3.63) is 11.1 Å². The van der Waals surface area contributed by atoms with Crippen molar-refractivity contribution in [2.75, 3.05) is 18.0 Å². The van der Waals surface area contributed by atoms with Crippen LogP contribution in [0.1, 0.15) is 31.9 Å². The Kier molecular flexibility index (Phi) is 3.59. The molecule has 1 fully saturated rings. The maximum absolute atomic E-state index is 5.57. The monoisotopic (exact) mass is 225 g/mol. The highest BCUT2D eigenvalue weighted by Crippen LogP contribution is 2.25. The van der Waals surface area contributed by atoms with Crippen molar-refractivity contribution >= 4 is 16.5 Å². The van der Waals surface area contributed by atoms with E-state index in [9.17, 15) is 0 Å². The van der Waals surface area contributed by atoms with Gasteiger partial charge in [-0.05, 0) is 25.2 Å². The van der Waals surface area contributed by atoms with Gasteiger partial charge in [0, 0.05) is 25.0 Å². The normalized spacial score (nSPS) is 22.8. The van der Waals surface area contributed by atoms with Gasteiger partial charge in [0.05, 0.1) is 5.69 Å². The fourth-order valence-electron chi connectivity index (χ4n) is 1.99. The Balaban J connectivity index is 2.03. The molecule has 1 aromatic heterocycles. The quantitative estimate of drug-likeness (QED) is 0.839. The van der Waals surface area contributed by atoms with E-state index >= 15 is 0 Å². The molecule has 0 aliphatic carbocycles. The van der Waals surface area contributed by atoms with Crippen molar-refractivity contribution < 1.29 is 0 Å². The van der Waals surface area contributed by atoms with E-state index in [1.165, 1.54) is 19.3 Å². The molecule has 2 heterocycles. The van der Waals surface area contributed by atoms with E-state index in [2.05, 4.69) is 22.2 Å². The summed E-state index contributed by atoms with van der Waals surface area (Å²) in [6, 6.07) is 0. The van der Waals surface area contributed by atoms with Gasteiger partial charge in [-0.3, -0.25) is 0 Å². The number of hydrogen-bond acceptors (Lipinski definition) is 4. The van der Waals surface area contributed by atoms with Gasteiger partial charge in [-0.1, -0.05) is 6.92 Å². The zero-order valence-electron chi connectivity index (χ0n) is 9.28. The number of anilines is 1. The summed E-state index contributed by atoms with van der Waals surface area (Å²) >= 11 is 1.73. The zero-order valence-corrected chi connectivity index (χ0v) is 10.1. The molecule has 1 unspecified atom stereocenters. The number of nitrogens with two attached hydrogens (primary N) is 1. The molecule has 2 rings (SSSR count). The molecule has 0 radical (unpaired) electrons. The van der Waals surface area contributed by atoms with Crippen LogP contribution in [-0.4, -0.2) is 18.1 Å². The molecule has 4 heteroatoms. The summed E-state index contributed by atoms with van der Waals surface area (Å²) in [7, 11) is 0. The molecule has 1 saturated heterocycles. The minimum atomic E-state index is 0.556. The van der Waals surface area contributed by atoms with Crippen molar-refractivity contribution in [2.45, 2.75) is 32.7 Å². The lowest BCUT2D eigenvalue weighted by Crippen LogP contribution is -2.24. The Bertz CT molecular complexity index is 311. The molecule has 2 N–H and O–H groups in total. The summed E-state index contributed by atoms with van der Waals surface area (Å²) in [5.74, 6) is 0.865. The molecule has 0 aromatic carbocycles. The average Bonchev–Trinajstić information content (AvgIpc) is 2.62. The van der Waals surface area contributed by atoms with E-state index in [1.807, 2.05) is 0 Å². The van der Waals surface area contributed by atoms with E-state index in [4.69, 9.17) is 5.73 Å². The summed E-state index contributed by atoms with van der Waals surface area (Å²) in [4.78, 5) is 6.95.